The summed E-state index contributed by atoms with van der Waals surface area (Å²) in [5, 5.41) is 1.10. The molecule has 1 spiro atoms. The lowest BCUT2D eigenvalue weighted by atomic mass is 9.83. The molecule has 0 bridgehead atoms. The molecule has 0 saturated carbocycles. The molecular weight excluding hydrogens is 378 g/mol. The maximum Gasteiger partial charge on any atom is 0.220 e. The number of nitrogens with zero attached hydrogens (tertiary/aromatic N) is 4. The second-order valence-electron chi connectivity index (χ2n) is 8.06. The highest BCUT2D eigenvalue weighted by Crippen LogP contribution is 2.40. The first-order valence-electron chi connectivity index (χ1n) is 10.7. The van der Waals surface area contributed by atoms with Crippen molar-refractivity contribution in [3.8, 4) is 5.75 Å². The zero-order valence-corrected chi connectivity index (χ0v) is 17.3. The highest BCUT2D eigenvalue weighted by atomic mass is 16.5. The number of nitrogen functional groups attached to an aromatic ring is 1. The van der Waals surface area contributed by atoms with Crippen LogP contribution in [0.4, 0.5) is 5.95 Å². The minimum Gasteiger partial charge on any atom is -0.494 e. The molecule has 1 fully saturated rings. The van der Waals surface area contributed by atoms with Gasteiger partial charge < -0.3 is 15.2 Å². The molecule has 30 heavy (non-hydrogen) atoms. The number of pyridine rings is 1. The Bertz CT molecular complexity index is 1060. The number of nitrogens with two attached hydrogens (primary N) is 1. The van der Waals surface area contributed by atoms with Crippen molar-refractivity contribution in [2.75, 3.05) is 32.0 Å². The Morgan fingerprint density at radius 3 is 2.87 bits per heavy atom. The summed E-state index contributed by atoms with van der Waals surface area (Å²) < 4.78 is 11.9. The van der Waals surface area contributed by atoms with Crippen LogP contribution in [0.15, 0.2) is 36.5 Å². The maximum absolute atomic E-state index is 6.28. The first-order chi connectivity index (χ1) is 14.6. The lowest BCUT2D eigenvalue weighted by Crippen LogP contribution is -2.47. The van der Waals surface area contributed by atoms with Gasteiger partial charge in [0, 0.05) is 31.2 Å². The van der Waals surface area contributed by atoms with Gasteiger partial charge in [0.15, 0.2) is 0 Å². The van der Waals surface area contributed by atoms with E-state index in [0.717, 1.165) is 73.5 Å². The summed E-state index contributed by atoms with van der Waals surface area (Å²) in [5.41, 5.74) is 9.79. The molecule has 0 amide bonds. The topological polar surface area (TPSA) is 86.4 Å². The summed E-state index contributed by atoms with van der Waals surface area (Å²) in [6.45, 7) is 6.08. The van der Waals surface area contributed by atoms with Crippen molar-refractivity contribution in [3.63, 3.8) is 0 Å². The minimum absolute atomic E-state index is 0.326. The molecule has 0 unspecified atom stereocenters. The normalized spacial score (nSPS) is 18.4. The predicted octanol–water partition coefficient (Wildman–Crippen LogP) is 3.07. The Balaban J connectivity index is 1.29. The number of piperidine rings is 1. The van der Waals surface area contributed by atoms with Crippen LogP contribution in [0, 0.1) is 0 Å². The van der Waals surface area contributed by atoms with Crippen LogP contribution < -0.4 is 10.5 Å². The highest BCUT2D eigenvalue weighted by Gasteiger charge is 2.42. The Kier molecular flexibility index (Phi) is 5.00. The zero-order chi connectivity index (χ0) is 20.6. The van der Waals surface area contributed by atoms with E-state index in [-0.39, 0.29) is 5.60 Å². The van der Waals surface area contributed by atoms with Gasteiger partial charge in [-0.15, -0.1) is 0 Å². The Morgan fingerprint density at radius 2 is 2.03 bits per heavy atom. The lowest BCUT2D eigenvalue weighted by molar-refractivity contribution is -0.102. The number of ether oxygens (including phenoxy) is 2. The average Bonchev–Trinajstić information content (AvgIpc) is 2.76. The molecule has 5 rings (SSSR count). The standard InChI is InChI=1S/C23H27N5O2/c1-2-29-19-5-6-20-16(13-19)3-4-18(26-20)15-28-10-8-23(9-11-28)21-17(7-12-30-23)14-25-22(24)27-21/h3-6,13-14H,2,7-12,15H2,1H3,(H2,24,25,27). The van der Waals surface area contributed by atoms with Gasteiger partial charge in [-0.2, -0.15) is 0 Å². The second kappa shape index (κ2) is 7.81. The molecule has 0 atom stereocenters. The minimum atomic E-state index is -0.326. The highest BCUT2D eigenvalue weighted by molar-refractivity contribution is 5.80. The number of rotatable bonds is 4. The molecule has 3 aromatic rings. The van der Waals surface area contributed by atoms with Gasteiger partial charge in [-0.25, -0.2) is 9.97 Å². The van der Waals surface area contributed by atoms with E-state index in [4.69, 9.17) is 20.2 Å². The summed E-state index contributed by atoms with van der Waals surface area (Å²) in [5.74, 6) is 1.21. The number of likely N-dealkylation sites (tertiary alicyclic amines) is 1. The first kappa shape index (κ1) is 19.2. The third kappa shape index (κ3) is 3.59. The van der Waals surface area contributed by atoms with Crippen molar-refractivity contribution in [2.24, 2.45) is 0 Å². The van der Waals surface area contributed by atoms with Gasteiger partial charge in [0.2, 0.25) is 5.95 Å². The van der Waals surface area contributed by atoms with Crippen LogP contribution in [0.5, 0.6) is 5.75 Å². The van der Waals surface area contributed by atoms with E-state index in [1.165, 1.54) is 5.56 Å². The van der Waals surface area contributed by atoms with Crippen LogP contribution in [-0.2, 0) is 23.3 Å². The van der Waals surface area contributed by atoms with E-state index in [1.807, 2.05) is 31.3 Å². The largest absolute Gasteiger partial charge is 0.494 e. The fraction of sp³-hybridized carbons (Fsp3) is 0.435. The van der Waals surface area contributed by atoms with Crippen molar-refractivity contribution >= 4 is 16.9 Å². The second-order valence-corrected chi connectivity index (χ2v) is 8.06. The Morgan fingerprint density at radius 1 is 1.17 bits per heavy atom. The average molecular weight is 406 g/mol. The van der Waals surface area contributed by atoms with Crippen molar-refractivity contribution in [3.05, 3.63) is 53.5 Å². The fourth-order valence-electron chi connectivity index (χ4n) is 4.60. The molecule has 2 aliphatic heterocycles. The van der Waals surface area contributed by atoms with Crippen LogP contribution in [0.3, 0.4) is 0 Å². The molecule has 1 saturated heterocycles. The summed E-state index contributed by atoms with van der Waals surface area (Å²) in [7, 11) is 0. The van der Waals surface area contributed by atoms with E-state index >= 15 is 0 Å². The monoisotopic (exact) mass is 405 g/mol. The van der Waals surface area contributed by atoms with Gasteiger partial charge >= 0.3 is 0 Å². The number of hydrogen-bond acceptors (Lipinski definition) is 7. The molecule has 7 heteroatoms. The Hall–Kier alpha value is -2.77. The SMILES string of the molecule is CCOc1ccc2nc(CN3CCC4(CC3)OCCc3cnc(N)nc34)ccc2c1. The molecule has 2 aliphatic rings. The first-order valence-corrected chi connectivity index (χ1v) is 10.7. The fourth-order valence-corrected chi connectivity index (χ4v) is 4.60. The zero-order valence-electron chi connectivity index (χ0n) is 17.3. The molecule has 1 aromatic carbocycles. The van der Waals surface area contributed by atoms with Crippen LogP contribution in [-0.4, -0.2) is 46.2 Å². The van der Waals surface area contributed by atoms with Gasteiger partial charge in [-0.1, -0.05) is 6.07 Å². The Labute approximate surface area is 176 Å². The van der Waals surface area contributed by atoms with Crippen LogP contribution >= 0.6 is 0 Å². The van der Waals surface area contributed by atoms with Crippen LogP contribution in [0.2, 0.25) is 0 Å². The summed E-state index contributed by atoms with van der Waals surface area (Å²) in [6, 6.07) is 10.3. The van der Waals surface area contributed by atoms with Crippen LogP contribution in [0.1, 0.15) is 36.7 Å². The number of hydrogen-bond donors (Lipinski definition) is 1. The van der Waals surface area contributed by atoms with E-state index in [9.17, 15) is 0 Å². The van der Waals surface area contributed by atoms with Gasteiger partial charge in [0.05, 0.1) is 30.1 Å². The van der Waals surface area contributed by atoms with E-state index < -0.39 is 0 Å². The number of benzene rings is 1. The van der Waals surface area contributed by atoms with Gasteiger partial charge in [0.25, 0.3) is 0 Å². The number of aromatic nitrogens is 3. The molecular formula is C23H27N5O2. The third-order valence-corrected chi connectivity index (χ3v) is 6.14. The number of fused-ring (bicyclic) bond motifs is 3. The summed E-state index contributed by atoms with van der Waals surface area (Å²) >= 11 is 0. The van der Waals surface area contributed by atoms with Crippen molar-refractivity contribution in [2.45, 2.75) is 38.3 Å². The van der Waals surface area contributed by atoms with E-state index in [0.29, 0.717) is 12.6 Å². The van der Waals surface area contributed by atoms with E-state index in [2.05, 4.69) is 27.0 Å². The molecule has 0 radical (unpaired) electrons. The van der Waals surface area contributed by atoms with Crippen LogP contribution in [0.25, 0.3) is 10.9 Å². The molecule has 156 valence electrons. The van der Waals surface area contributed by atoms with Crippen molar-refractivity contribution in [1.82, 2.24) is 19.9 Å². The van der Waals surface area contributed by atoms with E-state index in [1.54, 1.807) is 0 Å². The van der Waals surface area contributed by atoms with Crippen molar-refractivity contribution < 1.29 is 9.47 Å². The van der Waals surface area contributed by atoms with Gasteiger partial charge in [-0.3, -0.25) is 9.88 Å². The third-order valence-electron chi connectivity index (χ3n) is 6.14. The van der Waals surface area contributed by atoms with Gasteiger partial charge in [-0.05, 0) is 56.0 Å². The quantitative estimate of drug-likeness (QED) is 0.714. The molecule has 2 aromatic heterocycles. The number of anilines is 1. The molecule has 4 heterocycles. The summed E-state index contributed by atoms with van der Waals surface area (Å²) in [4.78, 5) is 16.0. The molecule has 0 aliphatic carbocycles. The van der Waals surface area contributed by atoms with Gasteiger partial charge in [0.1, 0.15) is 11.4 Å². The maximum atomic E-state index is 6.28. The smallest absolute Gasteiger partial charge is 0.220 e. The lowest BCUT2D eigenvalue weighted by Gasteiger charge is -2.44. The predicted molar refractivity (Wildman–Crippen MR) is 115 cm³/mol. The van der Waals surface area contributed by atoms with Crippen molar-refractivity contribution in [1.29, 1.82) is 0 Å². The summed E-state index contributed by atoms with van der Waals surface area (Å²) in [6.07, 6.45) is 4.53. The molecule has 7 nitrogen and oxygen atoms in total. The molecule has 2 N–H and O–H groups in total.